The van der Waals surface area contributed by atoms with Crippen molar-refractivity contribution in [1.82, 2.24) is 19.7 Å². The number of fused-ring (bicyclic) bond motifs is 1. The van der Waals surface area contributed by atoms with Crippen molar-refractivity contribution < 1.29 is 5.11 Å². The predicted octanol–water partition coefficient (Wildman–Crippen LogP) is 2.32. The lowest BCUT2D eigenvalue weighted by Crippen LogP contribution is -2.11. The molecule has 0 radical (unpaired) electrons. The molecule has 0 saturated heterocycles. The van der Waals surface area contributed by atoms with Gasteiger partial charge in [0.05, 0.1) is 28.6 Å². The molecule has 3 rings (SSSR count). The van der Waals surface area contributed by atoms with Gasteiger partial charge in [-0.1, -0.05) is 19.1 Å². The van der Waals surface area contributed by atoms with Gasteiger partial charge in [0.2, 0.25) is 0 Å². The molecule has 0 spiro atoms. The van der Waals surface area contributed by atoms with E-state index in [9.17, 15) is 5.11 Å². The first-order chi connectivity index (χ1) is 9.79. The lowest BCUT2D eigenvalue weighted by atomic mass is 10.2. The molecule has 102 valence electrons. The molecule has 3 aromatic rings. The molecule has 2 heterocycles. The van der Waals surface area contributed by atoms with Crippen molar-refractivity contribution >= 4 is 11.0 Å². The predicted molar refractivity (Wildman–Crippen MR) is 76.1 cm³/mol. The van der Waals surface area contributed by atoms with E-state index in [2.05, 4.69) is 22.0 Å². The van der Waals surface area contributed by atoms with Crippen LogP contribution in [-0.2, 0) is 6.54 Å². The number of aromatic nitrogens is 4. The molecule has 1 aromatic carbocycles. The molecule has 0 aliphatic carbocycles. The van der Waals surface area contributed by atoms with Crippen LogP contribution in [0.25, 0.3) is 11.0 Å². The van der Waals surface area contributed by atoms with Gasteiger partial charge in [-0.25, -0.2) is 4.98 Å². The van der Waals surface area contributed by atoms with Crippen molar-refractivity contribution in [3.8, 4) is 0 Å². The smallest absolute Gasteiger partial charge is 0.139 e. The van der Waals surface area contributed by atoms with Crippen LogP contribution in [0.4, 0.5) is 0 Å². The second-order valence-electron chi connectivity index (χ2n) is 4.67. The first-order valence-corrected chi connectivity index (χ1v) is 6.71. The monoisotopic (exact) mass is 268 g/mol. The zero-order chi connectivity index (χ0) is 13.9. The third kappa shape index (κ3) is 2.28. The van der Waals surface area contributed by atoms with Crippen LogP contribution in [0.1, 0.15) is 30.8 Å². The minimum atomic E-state index is -0.804. The van der Waals surface area contributed by atoms with Crippen LogP contribution in [0, 0.1) is 0 Å². The maximum Gasteiger partial charge on any atom is 0.139 e. The van der Waals surface area contributed by atoms with Crippen molar-refractivity contribution in [3.63, 3.8) is 0 Å². The molecule has 5 heteroatoms. The third-order valence-corrected chi connectivity index (χ3v) is 3.21. The zero-order valence-electron chi connectivity index (χ0n) is 11.3. The van der Waals surface area contributed by atoms with Crippen LogP contribution >= 0.6 is 0 Å². The summed E-state index contributed by atoms with van der Waals surface area (Å²) in [7, 11) is 0. The van der Waals surface area contributed by atoms with Crippen LogP contribution in [0.3, 0.4) is 0 Å². The number of rotatable bonds is 4. The Morgan fingerprint density at radius 1 is 1.20 bits per heavy atom. The van der Waals surface area contributed by atoms with Gasteiger partial charge in [-0.15, -0.1) is 0 Å². The molecule has 5 nitrogen and oxygen atoms in total. The molecule has 0 aliphatic heterocycles. The molecule has 0 saturated carbocycles. The highest BCUT2D eigenvalue weighted by atomic mass is 16.3. The van der Waals surface area contributed by atoms with Gasteiger partial charge in [0, 0.05) is 12.7 Å². The Morgan fingerprint density at radius 3 is 2.80 bits per heavy atom. The van der Waals surface area contributed by atoms with E-state index in [0.717, 1.165) is 29.7 Å². The third-order valence-electron chi connectivity index (χ3n) is 3.21. The number of benzene rings is 1. The van der Waals surface area contributed by atoms with Crippen molar-refractivity contribution in [1.29, 1.82) is 0 Å². The van der Waals surface area contributed by atoms with Gasteiger partial charge in [0.25, 0.3) is 0 Å². The standard InChI is InChI=1S/C15H16N4O/c1-2-9-19-14(7-8-17-19)15(20)13-10-16-11-5-3-4-6-12(11)18-13/h3-8,10,15,20H,2,9H2,1H3. The van der Waals surface area contributed by atoms with E-state index in [-0.39, 0.29) is 0 Å². The number of hydrogen-bond acceptors (Lipinski definition) is 4. The Balaban J connectivity index is 1.99. The number of aliphatic hydroxyl groups excluding tert-OH is 1. The Morgan fingerprint density at radius 2 is 2.00 bits per heavy atom. The maximum atomic E-state index is 10.5. The number of aryl methyl sites for hydroxylation is 1. The first kappa shape index (κ1) is 12.7. The molecular weight excluding hydrogens is 252 g/mol. The van der Waals surface area contributed by atoms with Crippen LogP contribution < -0.4 is 0 Å². The maximum absolute atomic E-state index is 10.5. The highest BCUT2D eigenvalue weighted by Gasteiger charge is 2.17. The summed E-state index contributed by atoms with van der Waals surface area (Å²) in [6, 6.07) is 9.44. The summed E-state index contributed by atoms with van der Waals surface area (Å²) in [6.07, 6.45) is 3.48. The zero-order valence-corrected chi connectivity index (χ0v) is 11.3. The van der Waals surface area contributed by atoms with Crippen LogP contribution in [-0.4, -0.2) is 24.9 Å². The quantitative estimate of drug-likeness (QED) is 0.788. The molecule has 1 atom stereocenters. The molecule has 1 N–H and O–H groups in total. The van der Waals surface area contributed by atoms with Gasteiger partial charge in [-0.2, -0.15) is 5.10 Å². The lowest BCUT2D eigenvalue weighted by Gasteiger charge is -2.12. The highest BCUT2D eigenvalue weighted by Crippen LogP contribution is 2.21. The molecule has 0 bridgehead atoms. The minimum Gasteiger partial charge on any atom is -0.380 e. The summed E-state index contributed by atoms with van der Waals surface area (Å²) in [5, 5.41) is 14.7. The Bertz CT molecular complexity index is 722. The summed E-state index contributed by atoms with van der Waals surface area (Å²) in [5.74, 6) is 0. The molecule has 2 aromatic heterocycles. The lowest BCUT2D eigenvalue weighted by molar-refractivity contribution is 0.202. The van der Waals surface area contributed by atoms with E-state index in [0.29, 0.717) is 5.69 Å². The van der Waals surface area contributed by atoms with E-state index in [1.165, 1.54) is 0 Å². The summed E-state index contributed by atoms with van der Waals surface area (Å²) < 4.78 is 1.81. The summed E-state index contributed by atoms with van der Waals surface area (Å²) in [6.45, 7) is 2.86. The molecule has 1 unspecified atom stereocenters. The Labute approximate surface area is 116 Å². The average Bonchev–Trinajstić information content (AvgIpc) is 2.94. The fraction of sp³-hybridized carbons (Fsp3) is 0.267. The summed E-state index contributed by atoms with van der Waals surface area (Å²) in [5.41, 5.74) is 2.90. The Hall–Kier alpha value is -2.27. The second-order valence-corrected chi connectivity index (χ2v) is 4.67. The molecular formula is C15H16N4O. The van der Waals surface area contributed by atoms with E-state index in [4.69, 9.17) is 0 Å². The molecule has 20 heavy (non-hydrogen) atoms. The van der Waals surface area contributed by atoms with Gasteiger partial charge in [0.1, 0.15) is 6.10 Å². The molecule has 0 amide bonds. The first-order valence-electron chi connectivity index (χ1n) is 6.71. The average molecular weight is 268 g/mol. The fourth-order valence-electron chi connectivity index (χ4n) is 2.23. The van der Waals surface area contributed by atoms with E-state index < -0.39 is 6.10 Å². The van der Waals surface area contributed by atoms with Crippen molar-refractivity contribution in [3.05, 3.63) is 54.1 Å². The summed E-state index contributed by atoms with van der Waals surface area (Å²) >= 11 is 0. The number of nitrogens with zero attached hydrogens (tertiary/aromatic N) is 4. The van der Waals surface area contributed by atoms with E-state index in [1.807, 2.05) is 35.0 Å². The van der Waals surface area contributed by atoms with Gasteiger partial charge < -0.3 is 5.11 Å². The largest absolute Gasteiger partial charge is 0.380 e. The van der Waals surface area contributed by atoms with Crippen LogP contribution in [0.5, 0.6) is 0 Å². The number of hydrogen-bond donors (Lipinski definition) is 1. The normalized spacial score (nSPS) is 12.7. The van der Waals surface area contributed by atoms with Crippen molar-refractivity contribution in [2.45, 2.75) is 26.0 Å². The topological polar surface area (TPSA) is 63.8 Å². The van der Waals surface area contributed by atoms with Gasteiger partial charge in [-0.3, -0.25) is 9.67 Å². The van der Waals surface area contributed by atoms with Gasteiger partial charge >= 0.3 is 0 Å². The van der Waals surface area contributed by atoms with E-state index >= 15 is 0 Å². The van der Waals surface area contributed by atoms with Gasteiger partial charge in [-0.05, 0) is 24.6 Å². The van der Waals surface area contributed by atoms with Gasteiger partial charge in [0.15, 0.2) is 0 Å². The van der Waals surface area contributed by atoms with E-state index in [1.54, 1.807) is 12.4 Å². The minimum absolute atomic E-state index is 0.543. The van der Waals surface area contributed by atoms with Crippen molar-refractivity contribution in [2.24, 2.45) is 0 Å². The molecule has 0 fully saturated rings. The Kier molecular flexibility index (Phi) is 3.43. The van der Waals surface area contributed by atoms with Crippen molar-refractivity contribution in [2.75, 3.05) is 0 Å². The SMILES string of the molecule is CCCn1nccc1C(O)c1cnc2ccccc2n1. The summed E-state index contributed by atoms with van der Waals surface area (Å²) in [4.78, 5) is 8.81. The van der Waals surface area contributed by atoms with Crippen LogP contribution in [0.2, 0.25) is 0 Å². The number of para-hydroxylation sites is 2. The van der Waals surface area contributed by atoms with Crippen LogP contribution in [0.15, 0.2) is 42.7 Å². The molecule has 0 aliphatic rings. The number of aliphatic hydroxyl groups is 1. The fourth-order valence-corrected chi connectivity index (χ4v) is 2.23. The second kappa shape index (κ2) is 5.38. The highest BCUT2D eigenvalue weighted by molar-refractivity contribution is 5.73.